The number of hydrogen-bond donors (Lipinski definition) is 2. The van der Waals surface area contributed by atoms with Gasteiger partial charge in [0.15, 0.2) is 0 Å². The van der Waals surface area contributed by atoms with E-state index in [1.54, 1.807) is 11.4 Å². The van der Waals surface area contributed by atoms with E-state index in [9.17, 15) is 4.79 Å². The van der Waals surface area contributed by atoms with Crippen molar-refractivity contribution in [3.05, 3.63) is 19.9 Å². The monoisotopic (exact) mass is 341 g/mol. The molecule has 0 atom stereocenters. The molecule has 0 saturated heterocycles. The van der Waals surface area contributed by atoms with Gasteiger partial charge in [0.25, 0.3) is 5.91 Å². The molecule has 0 bridgehead atoms. The van der Waals surface area contributed by atoms with Crippen molar-refractivity contribution >= 4 is 39.8 Å². The molecule has 0 aliphatic carbocycles. The van der Waals surface area contributed by atoms with Crippen molar-refractivity contribution < 1.29 is 15.0 Å². The van der Waals surface area contributed by atoms with E-state index >= 15 is 0 Å². The Hall–Kier alpha value is -0.180. The number of carbonyl (C=O) groups excluding carboxylic acids is 1. The molecule has 0 unspecified atom stereocenters. The van der Waals surface area contributed by atoms with Gasteiger partial charge in [-0.25, -0.2) is 0 Å². The molecule has 1 amide bonds. The van der Waals surface area contributed by atoms with Crippen molar-refractivity contribution in [2.75, 3.05) is 26.3 Å². The number of carbonyl (C=O) groups is 1. The number of aliphatic hydroxyl groups excluding tert-OH is 2. The molecule has 2 N–H and O–H groups in total. The maximum Gasteiger partial charge on any atom is 0.254 e. The molecule has 0 aliphatic heterocycles. The highest BCUT2D eigenvalue weighted by Crippen LogP contribution is 2.17. The average molecular weight is 341 g/mol. The van der Waals surface area contributed by atoms with E-state index in [1.807, 2.05) is 0 Å². The van der Waals surface area contributed by atoms with Crippen LogP contribution >= 0.6 is 33.9 Å². The van der Waals surface area contributed by atoms with Gasteiger partial charge in [-0.2, -0.15) is 0 Å². The first-order valence-electron chi connectivity index (χ1n) is 4.44. The van der Waals surface area contributed by atoms with Crippen LogP contribution in [0.1, 0.15) is 10.4 Å². The Bertz CT molecular complexity index is 323. The lowest BCUT2D eigenvalue weighted by molar-refractivity contribution is 0.0685. The van der Waals surface area contributed by atoms with Gasteiger partial charge in [-0.3, -0.25) is 4.79 Å². The van der Waals surface area contributed by atoms with Crippen LogP contribution in [0.2, 0.25) is 0 Å². The summed E-state index contributed by atoms with van der Waals surface area (Å²) in [7, 11) is 0. The molecule has 0 spiro atoms. The van der Waals surface area contributed by atoms with Crippen molar-refractivity contribution in [2.24, 2.45) is 0 Å². The normalized spacial score (nSPS) is 10.3. The lowest BCUT2D eigenvalue weighted by atomic mass is 10.3. The molecule has 15 heavy (non-hydrogen) atoms. The minimum Gasteiger partial charge on any atom is -0.395 e. The third-order valence-electron chi connectivity index (χ3n) is 1.84. The Kier molecular flexibility index (Phi) is 5.51. The summed E-state index contributed by atoms with van der Waals surface area (Å²) in [5, 5.41) is 19.4. The van der Waals surface area contributed by atoms with Gasteiger partial charge >= 0.3 is 0 Å². The third kappa shape index (κ3) is 3.71. The van der Waals surface area contributed by atoms with Crippen LogP contribution in [0.4, 0.5) is 0 Å². The van der Waals surface area contributed by atoms with E-state index in [2.05, 4.69) is 22.6 Å². The van der Waals surface area contributed by atoms with Crippen LogP contribution in [-0.4, -0.2) is 47.3 Å². The van der Waals surface area contributed by atoms with E-state index in [0.717, 1.165) is 2.88 Å². The highest BCUT2D eigenvalue weighted by Gasteiger charge is 2.15. The molecule has 1 aromatic rings. The minimum absolute atomic E-state index is 0.0903. The summed E-state index contributed by atoms with van der Waals surface area (Å²) in [5.74, 6) is -0.141. The second-order valence-electron chi connectivity index (χ2n) is 2.88. The number of halogens is 1. The van der Waals surface area contributed by atoms with Crippen LogP contribution in [-0.2, 0) is 0 Å². The quantitative estimate of drug-likeness (QED) is 0.779. The number of rotatable bonds is 5. The third-order valence-corrected chi connectivity index (χ3v) is 3.63. The maximum atomic E-state index is 11.8. The summed E-state index contributed by atoms with van der Waals surface area (Å²) < 4.78 is 1.05. The van der Waals surface area contributed by atoms with Gasteiger partial charge in [-0.05, 0) is 28.7 Å². The largest absolute Gasteiger partial charge is 0.395 e. The lowest BCUT2D eigenvalue weighted by Crippen LogP contribution is -2.35. The van der Waals surface area contributed by atoms with E-state index in [1.165, 1.54) is 16.2 Å². The molecule has 1 aromatic heterocycles. The standard InChI is InChI=1S/C9H12INO3S/c10-8-5-7(6-15-8)9(14)11(1-3-12)2-4-13/h5-6,12-13H,1-4H2. The summed E-state index contributed by atoms with van der Waals surface area (Å²) in [6, 6.07) is 1.80. The van der Waals surface area contributed by atoms with Gasteiger partial charge in [0.2, 0.25) is 0 Å². The van der Waals surface area contributed by atoms with Crippen LogP contribution in [0, 0.1) is 2.88 Å². The summed E-state index contributed by atoms with van der Waals surface area (Å²) in [5.41, 5.74) is 0.617. The summed E-state index contributed by atoms with van der Waals surface area (Å²) in [4.78, 5) is 13.3. The van der Waals surface area contributed by atoms with Crippen LogP contribution in [0.5, 0.6) is 0 Å². The molecule has 1 heterocycles. The van der Waals surface area contributed by atoms with Gasteiger partial charge in [0.05, 0.1) is 21.7 Å². The number of nitrogens with zero attached hydrogens (tertiary/aromatic N) is 1. The Morgan fingerprint density at radius 2 is 2.00 bits per heavy atom. The Morgan fingerprint density at radius 1 is 1.40 bits per heavy atom. The van der Waals surface area contributed by atoms with Crippen molar-refractivity contribution in [2.45, 2.75) is 0 Å². The zero-order valence-electron chi connectivity index (χ0n) is 8.02. The zero-order valence-corrected chi connectivity index (χ0v) is 11.0. The lowest BCUT2D eigenvalue weighted by Gasteiger charge is -2.19. The summed E-state index contributed by atoms with van der Waals surface area (Å²) in [6.45, 7) is 0.331. The Morgan fingerprint density at radius 3 is 2.40 bits per heavy atom. The Balaban J connectivity index is 2.71. The van der Waals surface area contributed by atoms with Gasteiger partial charge in [-0.1, -0.05) is 0 Å². The average Bonchev–Trinajstić information content (AvgIpc) is 2.63. The fourth-order valence-electron chi connectivity index (χ4n) is 1.16. The van der Waals surface area contributed by atoms with Crippen molar-refractivity contribution in [3.8, 4) is 0 Å². The number of hydrogen-bond acceptors (Lipinski definition) is 4. The van der Waals surface area contributed by atoms with E-state index in [4.69, 9.17) is 10.2 Å². The molecule has 6 heteroatoms. The molecule has 0 aromatic carbocycles. The fraction of sp³-hybridized carbons (Fsp3) is 0.444. The second-order valence-corrected chi connectivity index (χ2v) is 5.68. The summed E-state index contributed by atoms with van der Waals surface area (Å²) >= 11 is 3.65. The van der Waals surface area contributed by atoms with Crippen LogP contribution in [0.25, 0.3) is 0 Å². The maximum absolute atomic E-state index is 11.8. The number of amides is 1. The molecule has 0 aliphatic rings. The fourth-order valence-corrected chi connectivity index (χ4v) is 2.48. The molecular weight excluding hydrogens is 329 g/mol. The number of thiophene rings is 1. The van der Waals surface area contributed by atoms with Gasteiger partial charge in [0.1, 0.15) is 0 Å². The highest BCUT2D eigenvalue weighted by molar-refractivity contribution is 14.1. The van der Waals surface area contributed by atoms with Crippen LogP contribution in [0.3, 0.4) is 0 Å². The molecule has 84 valence electrons. The van der Waals surface area contributed by atoms with Crippen LogP contribution < -0.4 is 0 Å². The Labute approximate surface area is 106 Å². The predicted octanol–water partition coefficient (Wildman–Crippen LogP) is 0.779. The van der Waals surface area contributed by atoms with E-state index in [0.29, 0.717) is 5.56 Å². The highest BCUT2D eigenvalue weighted by atomic mass is 127. The molecule has 0 radical (unpaired) electrons. The SMILES string of the molecule is O=C(c1csc(I)c1)N(CCO)CCO. The van der Waals surface area contributed by atoms with Gasteiger partial charge in [0, 0.05) is 18.5 Å². The van der Waals surface area contributed by atoms with Crippen molar-refractivity contribution in [1.82, 2.24) is 4.90 Å². The summed E-state index contributed by atoms with van der Waals surface area (Å²) in [6.07, 6.45) is 0. The molecular formula is C9H12INO3S. The minimum atomic E-state index is -0.141. The molecule has 0 saturated carbocycles. The number of aliphatic hydroxyl groups is 2. The smallest absolute Gasteiger partial charge is 0.254 e. The molecule has 4 nitrogen and oxygen atoms in total. The first-order valence-corrected chi connectivity index (χ1v) is 6.40. The van der Waals surface area contributed by atoms with E-state index in [-0.39, 0.29) is 32.2 Å². The topological polar surface area (TPSA) is 60.8 Å². The van der Waals surface area contributed by atoms with E-state index < -0.39 is 0 Å². The predicted molar refractivity (Wildman–Crippen MR) is 67.1 cm³/mol. The van der Waals surface area contributed by atoms with Gasteiger partial charge < -0.3 is 15.1 Å². The second kappa shape index (κ2) is 6.41. The first kappa shape index (κ1) is 12.9. The van der Waals surface area contributed by atoms with Crippen LogP contribution in [0.15, 0.2) is 11.4 Å². The van der Waals surface area contributed by atoms with Crippen molar-refractivity contribution in [1.29, 1.82) is 0 Å². The van der Waals surface area contributed by atoms with Crippen molar-refractivity contribution in [3.63, 3.8) is 0 Å². The molecule has 0 fully saturated rings. The first-order chi connectivity index (χ1) is 7.19. The van der Waals surface area contributed by atoms with Gasteiger partial charge in [-0.15, -0.1) is 11.3 Å². The molecule has 1 rings (SSSR count). The zero-order chi connectivity index (χ0) is 11.3.